The molecule has 156 valence electrons. The van der Waals surface area contributed by atoms with Crippen molar-refractivity contribution in [2.45, 2.75) is 39.2 Å². The largest absolute Gasteiger partial charge is 0.497 e. The van der Waals surface area contributed by atoms with Gasteiger partial charge in [0, 0.05) is 12.6 Å². The van der Waals surface area contributed by atoms with Gasteiger partial charge in [0.15, 0.2) is 11.5 Å². The highest BCUT2D eigenvalue weighted by Gasteiger charge is 2.18. The van der Waals surface area contributed by atoms with E-state index in [1.807, 2.05) is 42.5 Å². The molecule has 29 heavy (non-hydrogen) atoms. The number of carbonyl (C=O) groups is 1. The maximum atomic E-state index is 12.4. The third-order valence-electron chi connectivity index (χ3n) is 4.90. The summed E-state index contributed by atoms with van der Waals surface area (Å²) in [5.41, 5.74) is 2.23. The fourth-order valence-corrected chi connectivity index (χ4v) is 3.28. The fraction of sp³-hybridized carbons (Fsp3) is 0.435. The van der Waals surface area contributed by atoms with Crippen molar-refractivity contribution in [2.75, 3.05) is 20.4 Å². The highest BCUT2D eigenvalue weighted by molar-refractivity contribution is 5.74. The van der Waals surface area contributed by atoms with E-state index in [0.717, 1.165) is 41.2 Å². The summed E-state index contributed by atoms with van der Waals surface area (Å²) in [4.78, 5) is 12.4. The van der Waals surface area contributed by atoms with Gasteiger partial charge in [-0.15, -0.1) is 0 Å². The standard InChI is InChI=1S/C23H30N2O4/c1-16(2)10-11-24-23(26)25-19(12-17-4-7-20(27-3)8-5-17)13-18-6-9-21-22(14-18)29-15-28-21/h4-9,14,16,19H,10-13,15H2,1-3H3,(H2,24,25,26). The minimum Gasteiger partial charge on any atom is -0.497 e. The number of carbonyl (C=O) groups excluding carboxylic acids is 1. The number of hydrogen-bond acceptors (Lipinski definition) is 4. The predicted molar refractivity (Wildman–Crippen MR) is 113 cm³/mol. The first kappa shape index (κ1) is 20.8. The van der Waals surface area contributed by atoms with E-state index in [4.69, 9.17) is 14.2 Å². The average Bonchev–Trinajstić information content (AvgIpc) is 3.16. The summed E-state index contributed by atoms with van der Waals surface area (Å²) in [6.45, 7) is 5.21. The summed E-state index contributed by atoms with van der Waals surface area (Å²) in [5, 5.41) is 6.09. The molecule has 1 aliphatic heterocycles. The van der Waals surface area contributed by atoms with Crippen molar-refractivity contribution < 1.29 is 19.0 Å². The van der Waals surface area contributed by atoms with E-state index < -0.39 is 0 Å². The Balaban J connectivity index is 1.67. The average molecular weight is 399 g/mol. The third-order valence-corrected chi connectivity index (χ3v) is 4.90. The second-order valence-electron chi connectivity index (χ2n) is 7.72. The SMILES string of the molecule is COc1ccc(CC(Cc2ccc3c(c2)OCO3)NC(=O)NCCC(C)C)cc1. The molecular weight excluding hydrogens is 368 g/mol. The lowest BCUT2D eigenvalue weighted by atomic mass is 9.98. The Hall–Kier alpha value is -2.89. The zero-order valence-corrected chi connectivity index (χ0v) is 17.4. The van der Waals surface area contributed by atoms with Gasteiger partial charge < -0.3 is 24.8 Å². The van der Waals surface area contributed by atoms with Gasteiger partial charge in [-0.3, -0.25) is 0 Å². The number of fused-ring (bicyclic) bond motifs is 1. The van der Waals surface area contributed by atoms with Crippen LogP contribution in [0.5, 0.6) is 17.2 Å². The molecule has 0 aliphatic carbocycles. The molecule has 6 nitrogen and oxygen atoms in total. The molecule has 0 saturated heterocycles. The van der Waals surface area contributed by atoms with Gasteiger partial charge in [0.05, 0.1) is 7.11 Å². The summed E-state index contributed by atoms with van der Waals surface area (Å²) in [6.07, 6.45) is 2.37. The molecule has 0 aromatic heterocycles. The first-order valence-electron chi connectivity index (χ1n) is 10.1. The van der Waals surface area contributed by atoms with Crippen molar-refractivity contribution in [1.29, 1.82) is 0 Å². The van der Waals surface area contributed by atoms with E-state index in [2.05, 4.69) is 24.5 Å². The van der Waals surface area contributed by atoms with Crippen LogP contribution < -0.4 is 24.8 Å². The van der Waals surface area contributed by atoms with E-state index in [9.17, 15) is 4.79 Å². The van der Waals surface area contributed by atoms with Crippen molar-refractivity contribution in [3.8, 4) is 17.2 Å². The molecule has 0 spiro atoms. The van der Waals surface area contributed by atoms with Crippen LogP contribution in [0, 0.1) is 5.92 Å². The van der Waals surface area contributed by atoms with E-state index in [0.29, 0.717) is 18.9 Å². The zero-order chi connectivity index (χ0) is 20.6. The van der Waals surface area contributed by atoms with Crippen LogP contribution in [-0.2, 0) is 12.8 Å². The molecule has 0 bridgehead atoms. The van der Waals surface area contributed by atoms with Gasteiger partial charge in [-0.2, -0.15) is 0 Å². The molecule has 2 aromatic rings. The lowest BCUT2D eigenvalue weighted by molar-refractivity contribution is 0.174. The van der Waals surface area contributed by atoms with Gasteiger partial charge in [0.2, 0.25) is 6.79 Å². The Morgan fingerprint density at radius 3 is 2.45 bits per heavy atom. The number of urea groups is 1. The van der Waals surface area contributed by atoms with Crippen LogP contribution in [0.2, 0.25) is 0 Å². The molecule has 1 aliphatic rings. The number of amides is 2. The molecule has 0 fully saturated rings. The van der Waals surface area contributed by atoms with Crippen molar-refractivity contribution in [1.82, 2.24) is 10.6 Å². The van der Waals surface area contributed by atoms with Crippen molar-refractivity contribution in [3.05, 3.63) is 53.6 Å². The van der Waals surface area contributed by atoms with Crippen molar-refractivity contribution in [3.63, 3.8) is 0 Å². The smallest absolute Gasteiger partial charge is 0.315 e. The number of nitrogens with one attached hydrogen (secondary N) is 2. The zero-order valence-electron chi connectivity index (χ0n) is 17.4. The second-order valence-corrected chi connectivity index (χ2v) is 7.72. The topological polar surface area (TPSA) is 68.8 Å². The Kier molecular flexibility index (Phi) is 7.22. The van der Waals surface area contributed by atoms with Crippen LogP contribution in [0.1, 0.15) is 31.4 Å². The van der Waals surface area contributed by atoms with Gasteiger partial charge in [-0.05, 0) is 60.6 Å². The van der Waals surface area contributed by atoms with Crippen LogP contribution in [0.25, 0.3) is 0 Å². The first-order valence-corrected chi connectivity index (χ1v) is 10.1. The van der Waals surface area contributed by atoms with Crippen molar-refractivity contribution >= 4 is 6.03 Å². The molecular formula is C23H30N2O4. The quantitative estimate of drug-likeness (QED) is 0.672. The van der Waals surface area contributed by atoms with E-state index in [1.54, 1.807) is 7.11 Å². The molecule has 0 radical (unpaired) electrons. The summed E-state index contributed by atoms with van der Waals surface area (Å²) in [5.74, 6) is 2.89. The van der Waals surface area contributed by atoms with Crippen molar-refractivity contribution in [2.24, 2.45) is 5.92 Å². The van der Waals surface area contributed by atoms with Crippen LogP contribution in [0.4, 0.5) is 4.79 Å². The first-order chi connectivity index (χ1) is 14.0. The maximum Gasteiger partial charge on any atom is 0.315 e. The molecule has 0 saturated carbocycles. The summed E-state index contributed by atoms with van der Waals surface area (Å²) < 4.78 is 16.1. The van der Waals surface area contributed by atoms with Gasteiger partial charge in [-0.1, -0.05) is 32.0 Å². The number of benzene rings is 2. The molecule has 1 atom stereocenters. The molecule has 1 unspecified atom stereocenters. The lowest BCUT2D eigenvalue weighted by Gasteiger charge is -2.20. The molecule has 1 heterocycles. The minimum absolute atomic E-state index is 0.0529. The number of rotatable bonds is 9. The molecule has 2 N–H and O–H groups in total. The molecule has 2 amide bonds. The fourth-order valence-electron chi connectivity index (χ4n) is 3.28. The monoisotopic (exact) mass is 398 g/mol. The molecule has 6 heteroatoms. The Bertz CT molecular complexity index is 805. The number of hydrogen-bond donors (Lipinski definition) is 2. The third kappa shape index (κ3) is 6.31. The van der Waals surface area contributed by atoms with E-state index >= 15 is 0 Å². The highest BCUT2D eigenvalue weighted by atomic mass is 16.7. The Labute approximate surface area is 172 Å². The van der Waals surface area contributed by atoms with Gasteiger partial charge in [0.1, 0.15) is 5.75 Å². The summed E-state index contributed by atoms with van der Waals surface area (Å²) in [7, 11) is 1.65. The van der Waals surface area contributed by atoms with E-state index in [-0.39, 0.29) is 18.9 Å². The highest BCUT2D eigenvalue weighted by Crippen LogP contribution is 2.33. The van der Waals surface area contributed by atoms with Crippen LogP contribution in [0.3, 0.4) is 0 Å². The molecule has 3 rings (SSSR count). The van der Waals surface area contributed by atoms with Gasteiger partial charge in [-0.25, -0.2) is 4.79 Å². The lowest BCUT2D eigenvalue weighted by Crippen LogP contribution is -2.44. The molecule has 2 aromatic carbocycles. The van der Waals surface area contributed by atoms with Gasteiger partial charge in [0.25, 0.3) is 0 Å². The van der Waals surface area contributed by atoms with E-state index in [1.165, 1.54) is 0 Å². The normalized spacial score (nSPS) is 13.2. The van der Waals surface area contributed by atoms with Crippen LogP contribution in [-0.4, -0.2) is 32.5 Å². The number of methoxy groups -OCH3 is 1. The number of ether oxygens (including phenoxy) is 3. The van der Waals surface area contributed by atoms with Crippen LogP contribution in [0.15, 0.2) is 42.5 Å². The van der Waals surface area contributed by atoms with Crippen LogP contribution >= 0.6 is 0 Å². The summed E-state index contributed by atoms with van der Waals surface area (Å²) >= 11 is 0. The Morgan fingerprint density at radius 1 is 1.03 bits per heavy atom. The summed E-state index contributed by atoms with van der Waals surface area (Å²) in [6, 6.07) is 13.7. The Morgan fingerprint density at radius 2 is 1.72 bits per heavy atom. The minimum atomic E-state index is -0.134. The maximum absolute atomic E-state index is 12.4. The second kappa shape index (κ2) is 10.0. The van der Waals surface area contributed by atoms with Gasteiger partial charge >= 0.3 is 6.03 Å². The predicted octanol–water partition coefficient (Wildman–Crippen LogP) is 3.92.